The largest absolute Gasteiger partial charge is 0.444 e. The minimum absolute atomic E-state index is 0.0187. The van der Waals surface area contributed by atoms with Crippen LogP contribution < -0.4 is 11.1 Å². The maximum atomic E-state index is 12.8. The second-order valence-corrected chi connectivity index (χ2v) is 11.7. The highest BCUT2D eigenvalue weighted by molar-refractivity contribution is 8.00. The molecule has 0 radical (unpaired) electrons. The molecular formula is C24H31N5O2S2. The van der Waals surface area contributed by atoms with E-state index >= 15 is 0 Å². The van der Waals surface area contributed by atoms with Crippen molar-refractivity contribution in [1.29, 1.82) is 0 Å². The highest BCUT2D eigenvalue weighted by atomic mass is 32.2. The van der Waals surface area contributed by atoms with Crippen LogP contribution in [0.15, 0.2) is 45.3 Å². The molecule has 9 heteroatoms. The van der Waals surface area contributed by atoms with E-state index in [-0.39, 0.29) is 17.2 Å². The number of carbonyl (C=O) groups excluding carboxylic acids is 1. The van der Waals surface area contributed by atoms with Crippen LogP contribution in [0.4, 0.5) is 10.8 Å². The van der Waals surface area contributed by atoms with E-state index in [0.29, 0.717) is 16.8 Å². The molecule has 0 atom stereocenters. The van der Waals surface area contributed by atoms with E-state index in [0.717, 1.165) is 48.1 Å². The zero-order chi connectivity index (χ0) is 23.4. The van der Waals surface area contributed by atoms with E-state index in [1.807, 2.05) is 18.2 Å². The zero-order valence-corrected chi connectivity index (χ0v) is 21.0. The van der Waals surface area contributed by atoms with Crippen molar-refractivity contribution >= 4 is 39.8 Å². The average molecular weight is 486 g/mol. The number of rotatable bonds is 7. The Bertz CT molecular complexity index is 1080. The van der Waals surface area contributed by atoms with Gasteiger partial charge in [0, 0.05) is 23.6 Å². The lowest BCUT2D eigenvalue weighted by Crippen LogP contribution is -2.37. The van der Waals surface area contributed by atoms with Gasteiger partial charge in [0.1, 0.15) is 5.76 Å². The summed E-state index contributed by atoms with van der Waals surface area (Å²) in [5.74, 6) is 2.30. The average Bonchev–Trinajstić information content (AvgIpc) is 3.42. The number of oxazole rings is 1. The number of likely N-dealkylation sites (tertiary alicyclic amines) is 1. The molecule has 1 saturated heterocycles. The van der Waals surface area contributed by atoms with Crippen LogP contribution in [0.25, 0.3) is 0 Å². The summed E-state index contributed by atoms with van der Waals surface area (Å²) in [6.07, 6.45) is 5.30. The summed E-state index contributed by atoms with van der Waals surface area (Å²) in [7, 11) is 0. The lowest BCUT2D eigenvalue weighted by molar-refractivity contribution is -0.121. The van der Waals surface area contributed by atoms with Gasteiger partial charge >= 0.3 is 0 Å². The fraction of sp³-hybridized carbons (Fsp3) is 0.458. The molecule has 33 heavy (non-hydrogen) atoms. The van der Waals surface area contributed by atoms with Gasteiger partial charge in [-0.3, -0.25) is 9.69 Å². The molecular weight excluding hydrogens is 454 g/mol. The van der Waals surface area contributed by atoms with E-state index in [1.165, 1.54) is 16.9 Å². The number of carbonyl (C=O) groups is 1. The molecule has 3 aromatic rings. The number of amides is 1. The molecule has 3 heterocycles. The lowest BCUT2D eigenvalue weighted by Gasteiger charge is -2.31. The summed E-state index contributed by atoms with van der Waals surface area (Å²) in [4.78, 5) is 23.9. The summed E-state index contributed by atoms with van der Waals surface area (Å²) >= 11 is 3.10. The summed E-state index contributed by atoms with van der Waals surface area (Å²) < 4.78 is 6.87. The molecule has 3 N–H and O–H groups in total. The second-order valence-electron chi connectivity index (χ2n) is 9.43. The third kappa shape index (κ3) is 6.59. The monoisotopic (exact) mass is 485 g/mol. The molecule has 1 amide bonds. The zero-order valence-electron chi connectivity index (χ0n) is 19.3. The number of anilines is 2. The number of nitrogens with two attached hydrogens (primary N) is 1. The van der Waals surface area contributed by atoms with Gasteiger partial charge in [0.15, 0.2) is 5.13 Å². The summed E-state index contributed by atoms with van der Waals surface area (Å²) in [6, 6.07) is 8.00. The molecule has 1 aliphatic heterocycles. The number of benzene rings is 1. The molecule has 2 aromatic heterocycles. The molecule has 1 aliphatic rings. The van der Waals surface area contributed by atoms with Crippen LogP contribution in [0.5, 0.6) is 0 Å². The number of piperidine rings is 1. The van der Waals surface area contributed by atoms with Crippen molar-refractivity contribution in [3.05, 3.63) is 53.9 Å². The van der Waals surface area contributed by atoms with Crippen LogP contribution in [-0.2, 0) is 22.5 Å². The van der Waals surface area contributed by atoms with Gasteiger partial charge in [0.2, 0.25) is 11.8 Å². The van der Waals surface area contributed by atoms with Gasteiger partial charge in [0.25, 0.3) is 0 Å². The molecule has 0 aliphatic carbocycles. The first kappa shape index (κ1) is 23.8. The normalized spacial score (nSPS) is 15.6. The minimum Gasteiger partial charge on any atom is -0.444 e. The third-order valence-corrected chi connectivity index (χ3v) is 7.75. The Morgan fingerprint density at radius 2 is 2.06 bits per heavy atom. The van der Waals surface area contributed by atoms with Crippen molar-refractivity contribution in [2.24, 2.45) is 5.92 Å². The Kier molecular flexibility index (Phi) is 7.41. The standard InChI is InChI=1S/C24H31N5O2S2/c1-24(2,3)19-12-26-20(31-19)15-32-21-13-27-23(33-21)28-22(30)17-7-9-29(10-8-17)14-16-5-4-6-18(25)11-16/h4-6,11-13,17H,7-10,14-15,25H2,1-3H3,(H,27,28,30). The van der Waals surface area contributed by atoms with Crippen molar-refractivity contribution in [2.45, 2.75) is 55.5 Å². The summed E-state index contributed by atoms with van der Waals surface area (Å²) in [6.45, 7) is 8.98. The SMILES string of the molecule is CC(C)(C)c1cnc(CSc2cnc(NC(=O)C3CCN(Cc4cccc(N)c4)CC3)s2)o1. The summed E-state index contributed by atoms with van der Waals surface area (Å²) in [5.41, 5.74) is 7.83. The van der Waals surface area contributed by atoms with Crippen LogP contribution in [0.1, 0.15) is 50.8 Å². The Morgan fingerprint density at radius 1 is 1.27 bits per heavy atom. The molecule has 4 rings (SSSR count). The van der Waals surface area contributed by atoms with Crippen LogP contribution in [-0.4, -0.2) is 33.9 Å². The molecule has 176 valence electrons. The molecule has 1 fully saturated rings. The van der Waals surface area contributed by atoms with E-state index < -0.39 is 0 Å². The Balaban J connectivity index is 1.22. The summed E-state index contributed by atoms with van der Waals surface area (Å²) in [5, 5.41) is 3.65. The predicted molar refractivity (Wildman–Crippen MR) is 134 cm³/mol. The number of aromatic nitrogens is 2. The predicted octanol–water partition coefficient (Wildman–Crippen LogP) is 5.15. The fourth-order valence-electron chi connectivity index (χ4n) is 3.75. The Morgan fingerprint density at radius 3 is 2.76 bits per heavy atom. The number of hydrogen-bond donors (Lipinski definition) is 2. The molecule has 1 aromatic carbocycles. The van der Waals surface area contributed by atoms with E-state index in [1.54, 1.807) is 24.2 Å². The van der Waals surface area contributed by atoms with E-state index in [9.17, 15) is 4.79 Å². The first-order chi connectivity index (χ1) is 15.8. The number of nitrogens with zero attached hydrogens (tertiary/aromatic N) is 3. The fourth-order valence-corrected chi connectivity index (χ4v) is 5.48. The molecule has 0 bridgehead atoms. The number of hydrogen-bond acceptors (Lipinski definition) is 8. The van der Waals surface area contributed by atoms with Crippen LogP contribution in [0, 0.1) is 5.92 Å². The van der Waals surface area contributed by atoms with Crippen LogP contribution in [0.2, 0.25) is 0 Å². The van der Waals surface area contributed by atoms with Gasteiger partial charge in [-0.25, -0.2) is 9.97 Å². The van der Waals surface area contributed by atoms with Crippen molar-refractivity contribution in [2.75, 3.05) is 24.1 Å². The quantitative estimate of drug-likeness (QED) is 0.353. The van der Waals surface area contributed by atoms with Crippen molar-refractivity contribution in [1.82, 2.24) is 14.9 Å². The first-order valence-electron chi connectivity index (χ1n) is 11.2. The van der Waals surface area contributed by atoms with Crippen molar-refractivity contribution < 1.29 is 9.21 Å². The van der Waals surface area contributed by atoms with Crippen LogP contribution >= 0.6 is 23.1 Å². The Hall–Kier alpha value is -2.36. The van der Waals surface area contributed by atoms with E-state index in [2.05, 4.69) is 47.0 Å². The van der Waals surface area contributed by atoms with Gasteiger partial charge in [-0.05, 0) is 43.6 Å². The Labute approximate surface area is 203 Å². The first-order valence-corrected chi connectivity index (χ1v) is 13.0. The number of thiazole rings is 1. The van der Waals surface area contributed by atoms with Gasteiger partial charge < -0.3 is 15.5 Å². The molecule has 7 nitrogen and oxygen atoms in total. The van der Waals surface area contributed by atoms with Crippen molar-refractivity contribution in [3.8, 4) is 0 Å². The highest BCUT2D eigenvalue weighted by Gasteiger charge is 2.26. The van der Waals surface area contributed by atoms with Gasteiger partial charge in [-0.15, -0.1) is 11.8 Å². The van der Waals surface area contributed by atoms with E-state index in [4.69, 9.17) is 10.2 Å². The lowest BCUT2D eigenvalue weighted by atomic mass is 9.94. The molecule has 0 saturated carbocycles. The third-order valence-electron chi connectivity index (χ3n) is 5.66. The van der Waals surface area contributed by atoms with Crippen molar-refractivity contribution in [3.63, 3.8) is 0 Å². The van der Waals surface area contributed by atoms with Gasteiger partial charge in [-0.2, -0.15) is 0 Å². The van der Waals surface area contributed by atoms with Gasteiger partial charge in [0.05, 0.1) is 22.4 Å². The number of thioether (sulfide) groups is 1. The van der Waals surface area contributed by atoms with Gasteiger partial charge in [-0.1, -0.05) is 44.2 Å². The smallest absolute Gasteiger partial charge is 0.229 e. The minimum atomic E-state index is -0.0520. The maximum absolute atomic E-state index is 12.8. The number of nitrogen functional groups attached to an aromatic ring is 1. The highest BCUT2D eigenvalue weighted by Crippen LogP contribution is 2.32. The second kappa shape index (κ2) is 10.3. The number of nitrogens with one attached hydrogen (secondary N) is 1. The molecule has 0 spiro atoms. The molecule has 0 unspecified atom stereocenters. The maximum Gasteiger partial charge on any atom is 0.229 e. The topological polar surface area (TPSA) is 97.3 Å². The van der Waals surface area contributed by atoms with Crippen LogP contribution in [0.3, 0.4) is 0 Å².